The number of sulfonamides is 1. The summed E-state index contributed by atoms with van der Waals surface area (Å²) in [4.78, 5) is 4.18. The van der Waals surface area contributed by atoms with Crippen LogP contribution in [0.2, 0.25) is 0 Å². The fraction of sp³-hybridized carbons (Fsp3) is 0.429. The van der Waals surface area contributed by atoms with Crippen molar-refractivity contribution in [3.63, 3.8) is 0 Å². The zero-order chi connectivity index (χ0) is 29.4. The van der Waals surface area contributed by atoms with Crippen LogP contribution in [0, 0.1) is 5.82 Å². The van der Waals surface area contributed by atoms with Crippen LogP contribution in [0.4, 0.5) is 23.2 Å². The maximum Gasteiger partial charge on any atom is 0.421 e. The normalized spacial score (nSPS) is 22.9. The van der Waals surface area contributed by atoms with Gasteiger partial charge in [-0.25, -0.2) is 12.8 Å². The summed E-state index contributed by atoms with van der Waals surface area (Å²) in [7, 11) is -3.73. The Labute approximate surface area is 240 Å². The van der Waals surface area contributed by atoms with E-state index in [1.807, 2.05) is 4.90 Å². The zero-order valence-electron chi connectivity index (χ0n) is 22.3. The van der Waals surface area contributed by atoms with Crippen LogP contribution >= 0.6 is 11.3 Å². The van der Waals surface area contributed by atoms with E-state index >= 15 is 0 Å². The van der Waals surface area contributed by atoms with Gasteiger partial charge in [-0.3, -0.25) is 4.90 Å². The Morgan fingerprint density at radius 2 is 1.73 bits per heavy atom. The highest BCUT2D eigenvalue weighted by Crippen LogP contribution is 2.39. The van der Waals surface area contributed by atoms with Crippen molar-refractivity contribution >= 4 is 27.0 Å². The van der Waals surface area contributed by atoms with Crippen LogP contribution in [-0.4, -0.2) is 80.9 Å². The number of ether oxygens (including phenoxy) is 1. The number of rotatable bonds is 7. The van der Waals surface area contributed by atoms with Crippen LogP contribution in [0.3, 0.4) is 0 Å². The number of hydrogen-bond donors (Lipinski definition) is 1. The second-order valence-electron chi connectivity index (χ2n) is 10.4. The van der Waals surface area contributed by atoms with E-state index < -0.39 is 21.8 Å². The van der Waals surface area contributed by atoms with E-state index in [1.54, 1.807) is 29.6 Å². The number of alkyl halides is 3. The molecule has 222 valence electrons. The second-order valence-corrected chi connectivity index (χ2v) is 13.5. The highest BCUT2D eigenvalue weighted by Gasteiger charge is 2.51. The molecule has 13 heteroatoms. The van der Waals surface area contributed by atoms with Crippen LogP contribution in [0.5, 0.6) is 0 Å². The molecule has 5 rings (SSSR count). The minimum Gasteiger partial charge on any atom is -0.378 e. The average molecular weight is 614 g/mol. The van der Waals surface area contributed by atoms with Crippen LogP contribution in [0.15, 0.2) is 70.3 Å². The fourth-order valence-corrected chi connectivity index (χ4v) is 7.95. The Kier molecular flexibility index (Phi) is 8.48. The molecule has 2 fully saturated rings. The van der Waals surface area contributed by atoms with Crippen LogP contribution in [0.1, 0.15) is 24.1 Å². The van der Waals surface area contributed by atoms with Gasteiger partial charge in [0, 0.05) is 38.4 Å². The first-order valence-corrected chi connectivity index (χ1v) is 15.5. The molecule has 2 aromatic carbocycles. The molecule has 1 N–H and O–H groups in total. The van der Waals surface area contributed by atoms with Crippen molar-refractivity contribution in [3.05, 3.63) is 83.0 Å². The van der Waals surface area contributed by atoms with E-state index in [9.17, 15) is 31.1 Å². The van der Waals surface area contributed by atoms with Gasteiger partial charge >= 0.3 is 6.18 Å². The first-order valence-electron chi connectivity index (χ1n) is 13.1. The third-order valence-corrected chi connectivity index (χ3v) is 11.0. The summed E-state index contributed by atoms with van der Waals surface area (Å²) in [6, 6.07) is 14.5. The maximum atomic E-state index is 13.6. The Morgan fingerprint density at radius 1 is 1.02 bits per heavy atom. The molecule has 3 aromatic rings. The van der Waals surface area contributed by atoms with Gasteiger partial charge in [-0.1, -0.05) is 30.3 Å². The number of anilines is 1. The quantitative estimate of drug-likeness (QED) is 0.393. The Balaban J connectivity index is 1.44. The predicted molar refractivity (Wildman–Crippen MR) is 148 cm³/mol. The number of halogens is 4. The molecule has 0 radical (unpaired) electrons. The number of thiophene rings is 1. The zero-order valence-corrected chi connectivity index (χ0v) is 23.9. The van der Waals surface area contributed by atoms with Crippen molar-refractivity contribution in [2.75, 3.05) is 50.8 Å². The van der Waals surface area contributed by atoms with E-state index in [-0.39, 0.29) is 40.8 Å². The van der Waals surface area contributed by atoms with Crippen molar-refractivity contribution in [1.29, 1.82) is 0 Å². The largest absolute Gasteiger partial charge is 0.421 e. The lowest BCUT2D eigenvalue weighted by Gasteiger charge is -2.46. The van der Waals surface area contributed by atoms with Crippen molar-refractivity contribution in [2.45, 2.75) is 35.0 Å². The molecule has 2 aliphatic heterocycles. The summed E-state index contributed by atoms with van der Waals surface area (Å²) >= 11 is 1.15. The lowest BCUT2D eigenvalue weighted by Crippen LogP contribution is -2.59. The van der Waals surface area contributed by atoms with Gasteiger partial charge in [0.1, 0.15) is 10.0 Å². The molecule has 7 nitrogen and oxygen atoms in total. The molecule has 3 atom stereocenters. The Hall–Kier alpha value is -2.55. The third-order valence-electron chi connectivity index (χ3n) is 7.79. The molecule has 0 spiro atoms. The topological polar surface area (TPSA) is 73.3 Å². The summed E-state index contributed by atoms with van der Waals surface area (Å²) in [5.41, 5.74) is -1.80. The van der Waals surface area contributed by atoms with Crippen molar-refractivity contribution < 1.29 is 35.8 Å². The van der Waals surface area contributed by atoms with Gasteiger partial charge in [0.15, 0.2) is 5.60 Å². The van der Waals surface area contributed by atoms with Gasteiger partial charge in [-0.05, 0) is 53.8 Å². The number of hydrogen-bond acceptors (Lipinski definition) is 7. The lowest BCUT2D eigenvalue weighted by atomic mass is 9.95. The number of benzene rings is 2. The third kappa shape index (κ3) is 6.15. The van der Waals surface area contributed by atoms with Crippen molar-refractivity contribution in [2.24, 2.45) is 0 Å². The van der Waals surface area contributed by atoms with Crippen LogP contribution < -0.4 is 4.90 Å². The first kappa shape index (κ1) is 29.9. The standard InChI is InChI=1S/C28H31F4N3O4S2/c1-27(36,28(30,31)32)21-6-10-23(11-7-21)35-13-12-34(41(37,38)26-3-2-16-40-26)18-24(35)17-33-14-15-39-19-25(33)20-4-8-22(29)9-5-20/h2-11,16,24-25,36H,12-15,17-19H2,1H3/t24-,25?,27?/m0/s1. The molecule has 0 bridgehead atoms. The molecule has 1 aromatic heterocycles. The van der Waals surface area contributed by atoms with Gasteiger partial charge in [0.25, 0.3) is 10.0 Å². The van der Waals surface area contributed by atoms with Crippen molar-refractivity contribution in [3.8, 4) is 0 Å². The number of aliphatic hydroxyl groups is 1. The molecule has 41 heavy (non-hydrogen) atoms. The molecule has 0 saturated carbocycles. The Bertz CT molecular complexity index is 1420. The summed E-state index contributed by atoms with van der Waals surface area (Å²) in [5, 5.41) is 11.8. The summed E-state index contributed by atoms with van der Waals surface area (Å²) in [5.74, 6) is -0.349. The number of nitrogens with zero attached hydrogens (tertiary/aromatic N) is 3. The van der Waals surface area contributed by atoms with E-state index in [0.29, 0.717) is 45.5 Å². The first-order chi connectivity index (χ1) is 19.4. The average Bonchev–Trinajstić information content (AvgIpc) is 3.50. The summed E-state index contributed by atoms with van der Waals surface area (Å²) in [6.07, 6.45) is -4.84. The fourth-order valence-electron chi connectivity index (χ4n) is 5.34. The highest BCUT2D eigenvalue weighted by molar-refractivity contribution is 7.91. The lowest BCUT2D eigenvalue weighted by molar-refractivity contribution is -0.258. The molecular weight excluding hydrogens is 582 g/mol. The minimum atomic E-state index is -4.84. The SMILES string of the molecule is CC(O)(c1ccc(N2CCN(S(=O)(=O)c3cccs3)C[C@@H]2CN2CCOCC2c2ccc(F)cc2)cc1)C(F)(F)F. The smallest absolute Gasteiger partial charge is 0.378 e. The molecule has 2 saturated heterocycles. The molecule has 2 aliphatic rings. The monoisotopic (exact) mass is 613 g/mol. The number of piperazine rings is 1. The van der Waals surface area contributed by atoms with Crippen LogP contribution in [0.25, 0.3) is 0 Å². The number of morpholine rings is 1. The molecule has 2 unspecified atom stereocenters. The summed E-state index contributed by atoms with van der Waals surface area (Å²) in [6.45, 7) is 3.25. The van der Waals surface area contributed by atoms with Gasteiger partial charge < -0.3 is 14.7 Å². The second kappa shape index (κ2) is 11.6. The molecule has 0 aliphatic carbocycles. The molecular formula is C28H31F4N3O4S2. The van der Waals surface area contributed by atoms with Crippen LogP contribution in [-0.2, 0) is 20.4 Å². The van der Waals surface area contributed by atoms with Gasteiger partial charge in [0.05, 0.1) is 25.3 Å². The van der Waals surface area contributed by atoms with E-state index in [1.165, 1.54) is 40.7 Å². The van der Waals surface area contributed by atoms with E-state index in [4.69, 9.17) is 4.74 Å². The van der Waals surface area contributed by atoms with Gasteiger partial charge in [-0.2, -0.15) is 17.5 Å². The minimum absolute atomic E-state index is 0.162. The molecule has 3 heterocycles. The van der Waals surface area contributed by atoms with Gasteiger partial charge in [-0.15, -0.1) is 11.3 Å². The van der Waals surface area contributed by atoms with Gasteiger partial charge in [0.2, 0.25) is 0 Å². The molecule has 0 amide bonds. The summed E-state index contributed by atoms with van der Waals surface area (Å²) < 4.78 is 88.1. The Morgan fingerprint density at radius 3 is 2.37 bits per heavy atom. The van der Waals surface area contributed by atoms with Crippen molar-refractivity contribution in [1.82, 2.24) is 9.21 Å². The van der Waals surface area contributed by atoms with E-state index in [0.717, 1.165) is 16.9 Å². The van der Waals surface area contributed by atoms with E-state index in [2.05, 4.69) is 4.90 Å². The highest BCUT2D eigenvalue weighted by atomic mass is 32.2. The maximum absolute atomic E-state index is 13.6. The predicted octanol–water partition coefficient (Wildman–Crippen LogP) is 4.61.